The van der Waals surface area contributed by atoms with Crippen LogP contribution in [0.3, 0.4) is 0 Å². The fourth-order valence-electron chi connectivity index (χ4n) is 1.24. The molecule has 2 unspecified atom stereocenters. The molecule has 0 aliphatic carbocycles. The minimum absolute atomic E-state index is 0.171. The SMILES string of the molecule is CC(CCNCc1ccc([N+](=O)[O-])s1)S(C)=O. The van der Waals surface area contributed by atoms with Gasteiger partial charge < -0.3 is 5.32 Å². The molecule has 1 aromatic rings. The minimum atomic E-state index is -0.787. The van der Waals surface area contributed by atoms with Crippen LogP contribution in [0, 0.1) is 10.1 Å². The highest BCUT2D eigenvalue weighted by Crippen LogP contribution is 2.23. The normalized spacial score (nSPS) is 14.5. The van der Waals surface area contributed by atoms with Crippen LogP contribution in [0.15, 0.2) is 12.1 Å². The van der Waals surface area contributed by atoms with E-state index in [2.05, 4.69) is 5.32 Å². The summed E-state index contributed by atoms with van der Waals surface area (Å²) in [4.78, 5) is 11.0. The van der Waals surface area contributed by atoms with Gasteiger partial charge in [-0.1, -0.05) is 18.3 Å². The average Bonchev–Trinajstić information content (AvgIpc) is 2.72. The quantitative estimate of drug-likeness (QED) is 0.469. The van der Waals surface area contributed by atoms with Crippen LogP contribution in [0.25, 0.3) is 0 Å². The summed E-state index contributed by atoms with van der Waals surface area (Å²) < 4.78 is 11.1. The van der Waals surface area contributed by atoms with Crippen LogP contribution in [0.5, 0.6) is 0 Å². The highest BCUT2D eigenvalue weighted by Gasteiger charge is 2.09. The Bertz CT molecular complexity index is 406. The summed E-state index contributed by atoms with van der Waals surface area (Å²) in [5.74, 6) is 0. The van der Waals surface area contributed by atoms with Gasteiger partial charge in [-0.2, -0.15) is 0 Å². The van der Waals surface area contributed by atoms with Crippen molar-refractivity contribution >= 4 is 27.1 Å². The molecule has 7 heteroatoms. The number of thiophene rings is 1. The van der Waals surface area contributed by atoms with Crippen molar-refractivity contribution in [3.8, 4) is 0 Å². The lowest BCUT2D eigenvalue weighted by atomic mass is 10.3. The first-order chi connectivity index (χ1) is 8.00. The number of nitro groups is 1. The Labute approximate surface area is 107 Å². The lowest BCUT2D eigenvalue weighted by molar-refractivity contribution is -0.380. The van der Waals surface area contributed by atoms with Crippen molar-refractivity contribution in [2.45, 2.75) is 25.1 Å². The molecule has 2 atom stereocenters. The Kier molecular flexibility index (Phi) is 5.73. The van der Waals surface area contributed by atoms with Crippen LogP contribution in [0.1, 0.15) is 18.2 Å². The fourth-order valence-corrected chi connectivity index (χ4v) is 2.48. The first-order valence-corrected chi connectivity index (χ1v) is 7.70. The summed E-state index contributed by atoms with van der Waals surface area (Å²) >= 11 is 1.18. The molecule has 1 heterocycles. The van der Waals surface area contributed by atoms with Crippen LogP contribution < -0.4 is 5.32 Å². The van der Waals surface area contributed by atoms with E-state index < -0.39 is 10.8 Å². The lowest BCUT2D eigenvalue weighted by Crippen LogP contribution is -2.20. The third-order valence-corrected chi connectivity index (χ3v) is 4.83. The molecule has 0 saturated carbocycles. The summed E-state index contributed by atoms with van der Waals surface area (Å²) in [5, 5.41) is 14.0. The topological polar surface area (TPSA) is 72.2 Å². The Hall–Kier alpha value is -0.790. The zero-order valence-electron chi connectivity index (χ0n) is 9.84. The number of hydrogen-bond donors (Lipinski definition) is 1. The van der Waals surface area contributed by atoms with Gasteiger partial charge in [0.1, 0.15) is 0 Å². The molecule has 1 N–H and O–H groups in total. The third kappa shape index (κ3) is 4.93. The molecule has 0 saturated heterocycles. The second-order valence-electron chi connectivity index (χ2n) is 3.77. The lowest BCUT2D eigenvalue weighted by Gasteiger charge is -2.08. The van der Waals surface area contributed by atoms with Gasteiger partial charge in [-0.25, -0.2) is 0 Å². The molecule has 0 aliphatic rings. The van der Waals surface area contributed by atoms with Crippen LogP contribution in [0.4, 0.5) is 5.00 Å². The first-order valence-electron chi connectivity index (χ1n) is 5.26. The standard InChI is InChI=1S/C10H16N2O3S2/c1-8(17(2)15)5-6-11-7-9-3-4-10(16-9)12(13)14/h3-4,8,11H,5-7H2,1-2H3. The van der Waals surface area contributed by atoms with E-state index in [-0.39, 0.29) is 15.2 Å². The van der Waals surface area contributed by atoms with E-state index in [1.165, 1.54) is 17.4 Å². The molecule has 0 radical (unpaired) electrons. The largest absolute Gasteiger partial charge is 0.324 e. The third-order valence-electron chi connectivity index (χ3n) is 2.42. The smallest absolute Gasteiger partial charge is 0.312 e. The number of nitrogens with one attached hydrogen (secondary N) is 1. The number of rotatable bonds is 7. The van der Waals surface area contributed by atoms with Crippen molar-refractivity contribution in [3.63, 3.8) is 0 Å². The molecule has 5 nitrogen and oxygen atoms in total. The van der Waals surface area contributed by atoms with Crippen molar-refractivity contribution < 1.29 is 9.13 Å². The molecule has 1 rings (SSSR count). The summed E-state index contributed by atoms with van der Waals surface area (Å²) in [5.41, 5.74) is 0. The Morgan fingerprint density at radius 2 is 2.29 bits per heavy atom. The zero-order chi connectivity index (χ0) is 12.8. The van der Waals surface area contributed by atoms with Gasteiger partial charge in [-0.3, -0.25) is 14.3 Å². The zero-order valence-corrected chi connectivity index (χ0v) is 11.5. The molecule has 0 bridgehead atoms. The Balaban J connectivity index is 2.26. The van der Waals surface area contributed by atoms with E-state index in [1.54, 1.807) is 12.3 Å². The highest BCUT2D eigenvalue weighted by molar-refractivity contribution is 7.84. The molecule has 1 aromatic heterocycles. The van der Waals surface area contributed by atoms with Gasteiger partial charge in [0.2, 0.25) is 0 Å². The van der Waals surface area contributed by atoms with Crippen LogP contribution in [-0.4, -0.2) is 27.2 Å². The summed E-state index contributed by atoms with van der Waals surface area (Å²) in [7, 11) is -0.787. The second-order valence-corrected chi connectivity index (χ2v) is 6.72. The molecular formula is C10H16N2O3S2. The number of hydrogen-bond acceptors (Lipinski definition) is 5. The molecule has 96 valence electrons. The molecular weight excluding hydrogens is 260 g/mol. The van der Waals surface area contributed by atoms with Crippen molar-refractivity contribution in [1.82, 2.24) is 5.32 Å². The maximum absolute atomic E-state index is 11.1. The van der Waals surface area contributed by atoms with E-state index in [0.29, 0.717) is 6.54 Å². The van der Waals surface area contributed by atoms with Gasteiger partial charge in [0.25, 0.3) is 0 Å². The Morgan fingerprint density at radius 1 is 1.59 bits per heavy atom. The van der Waals surface area contributed by atoms with Crippen LogP contribution >= 0.6 is 11.3 Å². The van der Waals surface area contributed by atoms with E-state index >= 15 is 0 Å². The van der Waals surface area contributed by atoms with Gasteiger partial charge in [-0.15, -0.1) is 0 Å². The monoisotopic (exact) mass is 276 g/mol. The first kappa shape index (κ1) is 14.3. The maximum atomic E-state index is 11.1. The predicted molar refractivity (Wildman–Crippen MR) is 70.8 cm³/mol. The van der Waals surface area contributed by atoms with Crippen LogP contribution in [0.2, 0.25) is 0 Å². The number of nitrogens with zero attached hydrogens (tertiary/aromatic N) is 1. The highest BCUT2D eigenvalue weighted by atomic mass is 32.2. The van der Waals surface area contributed by atoms with Crippen molar-refractivity contribution in [2.24, 2.45) is 0 Å². The van der Waals surface area contributed by atoms with E-state index in [4.69, 9.17) is 0 Å². The van der Waals surface area contributed by atoms with Crippen molar-refractivity contribution in [3.05, 3.63) is 27.1 Å². The van der Waals surface area contributed by atoms with Gasteiger partial charge >= 0.3 is 5.00 Å². The molecule has 0 amide bonds. The molecule has 0 aromatic carbocycles. The second kappa shape index (κ2) is 6.83. The van der Waals surface area contributed by atoms with Gasteiger partial charge in [0.05, 0.1) is 4.92 Å². The molecule has 17 heavy (non-hydrogen) atoms. The van der Waals surface area contributed by atoms with Crippen LogP contribution in [-0.2, 0) is 17.3 Å². The summed E-state index contributed by atoms with van der Waals surface area (Å²) in [6.45, 7) is 3.35. The van der Waals surface area contributed by atoms with Gasteiger partial charge in [-0.05, 0) is 19.0 Å². The molecule has 0 fully saturated rings. The summed E-state index contributed by atoms with van der Waals surface area (Å²) in [6.07, 6.45) is 2.55. The van der Waals surface area contributed by atoms with E-state index in [1.807, 2.05) is 6.92 Å². The summed E-state index contributed by atoms with van der Waals surface area (Å²) in [6, 6.07) is 3.28. The maximum Gasteiger partial charge on any atom is 0.324 e. The predicted octanol–water partition coefficient (Wildman–Crippen LogP) is 1.90. The van der Waals surface area contributed by atoms with Gasteiger partial charge in [0, 0.05) is 39.8 Å². The minimum Gasteiger partial charge on any atom is -0.312 e. The van der Waals surface area contributed by atoms with Crippen molar-refractivity contribution in [2.75, 3.05) is 12.8 Å². The van der Waals surface area contributed by atoms with Crippen molar-refractivity contribution in [1.29, 1.82) is 0 Å². The van der Waals surface area contributed by atoms with Gasteiger partial charge in [0.15, 0.2) is 0 Å². The van der Waals surface area contributed by atoms with E-state index in [0.717, 1.165) is 17.8 Å². The average molecular weight is 276 g/mol. The fraction of sp³-hybridized carbons (Fsp3) is 0.600. The van der Waals surface area contributed by atoms with E-state index in [9.17, 15) is 14.3 Å². The Morgan fingerprint density at radius 3 is 2.82 bits per heavy atom. The molecule has 0 aliphatic heterocycles. The molecule has 0 spiro atoms.